The average Bonchev–Trinajstić information content (AvgIpc) is 2.63. The summed E-state index contributed by atoms with van der Waals surface area (Å²) in [5.74, 6) is 0. The Morgan fingerprint density at radius 1 is 1.69 bits per heavy atom. The summed E-state index contributed by atoms with van der Waals surface area (Å²) >= 11 is 0. The van der Waals surface area contributed by atoms with Gasteiger partial charge in [0.05, 0.1) is 6.07 Å². The van der Waals surface area contributed by atoms with Crippen LogP contribution in [0, 0.1) is 11.3 Å². The molecule has 0 aliphatic heterocycles. The molecule has 1 heterocycles. The molecular formula is C9H14N4O2S. The van der Waals surface area contributed by atoms with E-state index in [1.165, 1.54) is 6.92 Å². The number of nitrogens with zero attached hydrogens (tertiary/aromatic N) is 3. The standard InChI is InChI=1S/C9H14N4O2S/c1-8(7-10)16(14,15)12-6-4-9-3-5-11-13(9)2/h3,5,8,12H,4,6H2,1-2H3. The molecule has 0 amide bonds. The minimum atomic E-state index is -3.52. The Hall–Kier alpha value is -1.39. The van der Waals surface area contributed by atoms with Gasteiger partial charge in [-0.05, 0) is 13.0 Å². The molecule has 0 aliphatic carbocycles. The highest BCUT2D eigenvalue weighted by Crippen LogP contribution is 1.99. The largest absolute Gasteiger partial charge is 0.273 e. The van der Waals surface area contributed by atoms with Gasteiger partial charge in [0.15, 0.2) is 5.25 Å². The summed E-state index contributed by atoms with van der Waals surface area (Å²) < 4.78 is 26.9. The molecule has 0 aromatic carbocycles. The van der Waals surface area contributed by atoms with Gasteiger partial charge in [-0.1, -0.05) is 0 Å². The van der Waals surface area contributed by atoms with Crippen LogP contribution in [0.3, 0.4) is 0 Å². The smallest absolute Gasteiger partial charge is 0.227 e. The van der Waals surface area contributed by atoms with Crippen molar-refractivity contribution in [3.63, 3.8) is 0 Å². The van der Waals surface area contributed by atoms with E-state index in [0.717, 1.165) is 5.69 Å². The fourth-order valence-corrected chi connectivity index (χ4v) is 1.94. The first kappa shape index (κ1) is 12.7. The first-order chi connectivity index (χ1) is 7.47. The van der Waals surface area contributed by atoms with Crippen molar-refractivity contribution in [2.75, 3.05) is 6.54 Å². The molecule has 1 aromatic rings. The topological polar surface area (TPSA) is 87.8 Å². The van der Waals surface area contributed by atoms with E-state index < -0.39 is 15.3 Å². The zero-order chi connectivity index (χ0) is 12.2. The summed E-state index contributed by atoms with van der Waals surface area (Å²) in [6, 6.07) is 3.51. The van der Waals surface area contributed by atoms with Crippen LogP contribution in [0.2, 0.25) is 0 Å². The summed E-state index contributed by atoms with van der Waals surface area (Å²) in [4.78, 5) is 0. The number of hydrogen-bond donors (Lipinski definition) is 1. The maximum atomic E-state index is 11.4. The van der Waals surface area contributed by atoms with Crippen LogP contribution in [0.4, 0.5) is 0 Å². The molecule has 7 heteroatoms. The quantitative estimate of drug-likeness (QED) is 0.774. The van der Waals surface area contributed by atoms with E-state index in [4.69, 9.17) is 5.26 Å². The molecular weight excluding hydrogens is 228 g/mol. The number of aryl methyl sites for hydroxylation is 1. The molecule has 0 bridgehead atoms. The summed E-state index contributed by atoms with van der Waals surface area (Å²) in [7, 11) is -1.72. The Kier molecular flexibility index (Phi) is 4.04. The van der Waals surface area contributed by atoms with Gasteiger partial charge in [-0.25, -0.2) is 13.1 Å². The first-order valence-corrected chi connectivity index (χ1v) is 6.37. The fourth-order valence-electron chi connectivity index (χ4n) is 1.16. The van der Waals surface area contributed by atoms with Crippen molar-refractivity contribution in [2.24, 2.45) is 7.05 Å². The van der Waals surface area contributed by atoms with Gasteiger partial charge < -0.3 is 0 Å². The lowest BCUT2D eigenvalue weighted by molar-refractivity contribution is 0.575. The van der Waals surface area contributed by atoms with Gasteiger partial charge in [-0.3, -0.25) is 4.68 Å². The number of hydrogen-bond acceptors (Lipinski definition) is 4. The second-order valence-electron chi connectivity index (χ2n) is 3.41. The third-order valence-electron chi connectivity index (χ3n) is 2.25. The van der Waals surface area contributed by atoms with E-state index in [9.17, 15) is 8.42 Å². The van der Waals surface area contributed by atoms with Gasteiger partial charge >= 0.3 is 0 Å². The Bertz CT molecular complexity index is 486. The highest BCUT2D eigenvalue weighted by atomic mass is 32.2. The van der Waals surface area contributed by atoms with Gasteiger partial charge in [0.1, 0.15) is 0 Å². The minimum absolute atomic E-state index is 0.272. The van der Waals surface area contributed by atoms with Gasteiger partial charge in [0.25, 0.3) is 0 Å². The predicted octanol–water partition coefficient (Wildman–Crippen LogP) is -0.206. The van der Waals surface area contributed by atoms with Crippen LogP contribution in [0.5, 0.6) is 0 Å². The van der Waals surface area contributed by atoms with Gasteiger partial charge in [-0.15, -0.1) is 0 Å². The minimum Gasteiger partial charge on any atom is -0.273 e. The summed E-state index contributed by atoms with van der Waals surface area (Å²) in [5.41, 5.74) is 0.937. The van der Waals surface area contributed by atoms with E-state index >= 15 is 0 Å². The molecule has 0 saturated carbocycles. The lowest BCUT2D eigenvalue weighted by Crippen LogP contribution is -2.33. The number of sulfonamides is 1. The van der Waals surface area contributed by atoms with Crippen LogP contribution < -0.4 is 4.72 Å². The highest BCUT2D eigenvalue weighted by molar-refractivity contribution is 7.90. The SMILES string of the molecule is CC(C#N)S(=O)(=O)NCCc1ccnn1C. The normalized spacial score (nSPS) is 13.3. The average molecular weight is 242 g/mol. The first-order valence-electron chi connectivity index (χ1n) is 4.82. The van der Waals surface area contributed by atoms with Crippen LogP contribution in [-0.2, 0) is 23.5 Å². The van der Waals surface area contributed by atoms with Crippen LogP contribution in [0.15, 0.2) is 12.3 Å². The number of aromatic nitrogens is 2. The van der Waals surface area contributed by atoms with Gasteiger partial charge in [0.2, 0.25) is 10.0 Å². The van der Waals surface area contributed by atoms with Crippen molar-refractivity contribution < 1.29 is 8.42 Å². The molecule has 0 fully saturated rings. The lowest BCUT2D eigenvalue weighted by atomic mass is 10.3. The molecule has 6 nitrogen and oxygen atoms in total. The van der Waals surface area contributed by atoms with E-state index in [1.807, 2.05) is 6.07 Å². The monoisotopic (exact) mass is 242 g/mol. The highest BCUT2D eigenvalue weighted by Gasteiger charge is 2.18. The van der Waals surface area contributed by atoms with Crippen LogP contribution in [-0.4, -0.2) is 30.0 Å². The maximum absolute atomic E-state index is 11.4. The van der Waals surface area contributed by atoms with Crippen molar-refractivity contribution in [2.45, 2.75) is 18.6 Å². The summed E-state index contributed by atoms with van der Waals surface area (Å²) in [6.07, 6.45) is 2.20. The van der Waals surface area contributed by atoms with Crippen molar-refractivity contribution in [1.82, 2.24) is 14.5 Å². The van der Waals surface area contributed by atoms with Crippen LogP contribution in [0.25, 0.3) is 0 Å². The Morgan fingerprint density at radius 3 is 2.88 bits per heavy atom. The van der Waals surface area contributed by atoms with E-state index in [-0.39, 0.29) is 6.54 Å². The number of nitrogens with one attached hydrogen (secondary N) is 1. The molecule has 88 valence electrons. The van der Waals surface area contributed by atoms with Crippen molar-refractivity contribution in [3.05, 3.63) is 18.0 Å². The van der Waals surface area contributed by atoms with Crippen molar-refractivity contribution in [1.29, 1.82) is 5.26 Å². The molecule has 1 aromatic heterocycles. The molecule has 0 spiro atoms. The van der Waals surface area contributed by atoms with Gasteiger partial charge in [-0.2, -0.15) is 10.4 Å². The Balaban J connectivity index is 2.49. The fraction of sp³-hybridized carbons (Fsp3) is 0.556. The zero-order valence-corrected chi connectivity index (χ0v) is 10.0. The zero-order valence-electron chi connectivity index (χ0n) is 9.21. The Labute approximate surface area is 94.9 Å². The molecule has 1 atom stereocenters. The van der Waals surface area contributed by atoms with Crippen molar-refractivity contribution in [3.8, 4) is 6.07 Å². The number of nitriles is 1. The van der Waals surface area contributed by atoms with E-state index in [2.05, 4.69) is 9.82 Å². The Morgan fingerprint density at radius 2 is 2.38 bits per heavy atom. The molecule has 16 heavy (non-hydrogen) atoms. The maximum Gasteiger partial charge on any atom is 0.227 e. The molecule has 0 aliphatic rings. The van der Waals surface area contributed by atoms with Crippen LogP contribution in [0.1, 0.15) is 12.6 Å². The second kappa shape index (κ2) is 5.09. The van der Waals surface area contributed by atoms with Gasteiger partial charge in [0, 0.05) is 31.9 Å². The predicted molar refractivity (Wildman–Crippen MR) is 58.9 cm³/mol. The number of rotatable bonds is 5. The lowest BCUT2D eigenvalue weighted by Gasteiger charge is -2.07. The molecule has 1 rings (SSSR count). The molecule has 1 unspecified atom stereocenters. The van der Waals surface area contributed by atoms with Crippen LogP contribution >= 0.6 is 0 Å². The van der Waals surface area contributed by atoms with Crippen molar-refractivity contribution >= 4 is 10.0 Å². The molecule has 0 radical (unpaired) electrons. The second-order valence-corrected chi connectivity index (χ2v) is 5.49. The molecule has 0 saturated heterocycles. The molecule has 1 N–H and O–H groups in total. The van der Waals surface area contributed by atoms with E-state index in [1.54, 1.807) is 24.0 Å². The third kappa shape index (κ3) is 3.05. The summed E-state index contributed by atoms with van der Waals surface area (Å²) in [6.45, 7) is 1.63. The van der Waals surface area contributed by atoms with E-state index in [0.29, 0.717) is 6.42 Å². The summed E-state index contributed by atoms with van der Waals surface area (Å²) in [5, 5.41) is 11.5. The third-order valence-corrected chi connectivity index (χ3v) is 3.90.